The number of carbonyl (C=O) groups is 2. The Morgan fingerprint density at radius 3 is 2.65 bits per heavy atom. The van der Waals surface area contributed by atoms with Crippen LogP contribution in [0.5, 0.6) is 0 Å². The number of benzene rings is 1. The van der Waals surface area contributed by atoms with Crippen LogP contribution >= 0.6 is 0 Å². The predicted molar refractivity (Wildman–Crippen MR) is 74.9 cm³/mol. The first-order valence-electron chi connectivity index (χ1n) is 6.06. The molecular weight excluding hydrogens is 276 g/mol. The fourth-order valence-corrected chi connectivity index (χ4v) is 3.54. The highest BCUT2D eigenvalue weighted by Crippen LogP contribution is 2.37. The summed E-state index contributed by atoms with van der Waals surface area (Å²) in [7, 11) is -1.56. The van der Waals surface area contributed by atoms with Crippen molar-refractivity contribution in [2.24, 2.45) is 0 Å². The summed E-state index contributed by atoms with van der Waals surface area (Å²) in [6.07, 6.45) is 0. The summed E-state index contributed by atoms with van der Waals surface area (Å²) >= 11 is 0. The molecule has 0 radical (unpaired) electrons. The van der Waals surface area contributed by atoms with Gasteiger partial charge in [0.25, 0.3) is 0 Å². The van der Waals surface area contributed by atoms with E-state index in [2.05, 4.69) is 0 Å². The van der Waals surface area contributed by atoms with Crippen molar-refractivity contribution in [1.82, 2.24) is 0 Å². The zero-order valence-electron chi connectivity index (χ0n) is 11.5. The van der Waals surface area contributed by atoms with Crippen molar-refractivity contribution < 1.29 is 13.8 Å². The maximum Gasteiger partial charge on any atom is 0.246 e. The Balaban J connectivity index is 2.68. The van der Waals surface area contributed by atoms with Gasteiger partial charge in [-0.3, -0.25) is 18.7 Å². The molecular formula is C14H14N2O3S. The SMILES string of the molecule is CC(=O)c1ccc2c(c1)S(=O)C(C)(C)C(=O)N2CC#N. The number of nitriles is 1. The molecule has 104 valence electrons. The quantitative estimate of drug-likeness (QED) is 0.613. The van der Waals surface area contributed by atoms with Crippen molar-refractivity contribution in [3.63, 3.8) is 0 Å². The zero-order chi connectivity index (χ0) is 15.1. The highest BCUT2D eigenvalue weighted by molar-refractivity contribution is 7.87. The standard InChI is InChI=1S/C14H14N2O3S/c1-9(17)10-4-5-11-12(8-10)20(19)14(2,3)13(18)16(11)7-6-15/h4-5,8H,7H2,1-3H3. The maximum absolute atomic E-state index is 12.5. The summed E-state index contributed by atoms with van der Waals surface area (Å²) in [6, 6.07) is 6.64. The number of carbonyl (C=O) groups excluding carboxylic acids is 2. The number of hydrogen-bond acceptors (Lipinski definition) is 4. The highest BCUT2D eigenvalue weighted by Gasteiger charge is 2.45. The molecule has 0 fully saturated rings. The molecule has 0 bridgehead atoms. The average molecular weight is 290 g/mol. The number of nitrogens with zero attached hydrogens (tertiary/aromatic N) is 2. The van der Waals surface area contributed by atoms with Crippen LogP contribution in [0.4, 0.5) is 5.69 Å². The third kappa shape index (κ3) is 2.04. The van der Waals surface area contributed by atoms with Gasteiger partial charge in [0.15, 0.2) is 5.78 Å². The molecule has 1 aromatic carbocycles. The lowest BCUT2D eigenvalue weighted by atomic mass is 10.1. The van der Waals surface area contributed by atoms with Crippen molar-refractivity contribution in [1.29, 1.82) is 5.26 Å². The van der Waals surface area contributed by atoms with Gasteiger partial charge in [-0.15, -0.1) is 0 Å². The summed E-state index contributed by atoms with van der Waals surface area (Å²) in [5.41, 5.74) is 0.887. The van der Waals surface area contributed by atoms with Crippen LogP contribution in [0.3, 0.4) is 0 Å². The maximum atomic E-state index is 12.5. The molecule has 1 unspecified atom stereocenters. The normalized spacial score (nSPS) is 20.2. The first-order chi connectivity index (χ1) is 9.30. The number of rotatable bonds is 2. The minimum absolute atomic E-state index is 0.105. The lowest BCUT2D eigenvalue weighted by Gasteiger charge is -2.36. The van der Waals surface area contributed by atoms with E-state index in [0.717, 1.165) is 0 Å². The van der Waals surface area contributed by atoms with Crippen LogP contribution in [0.1, 0.15) is 31.1 Å². The highest BCUT2D eigenvalue weighted by atomic mass is 32.2. The second-order valence-electron chi connectivity index (χ2n) is 5.07. The molecule has 20 heavy (non-hydrogen) atoms. The second-order valence-corrected chi connectivity index (χ2v) is 7.07. The second kappa shape index (κ2) is 4.84. The topological polar surface area (TPSA) is 78.2 Å². The minimum atomic E-state index is -1.56. The first-order valence-corrected chi connectivity index (χ1v) is 7.21. The molecule has 0 N–H and O–H groups in total. The van der Waals surface area contributed by atoms with Crippen LogP contribution in [0.25, 0.3) is 0 Å². The smallest absolute Gasteiger partial charge is 0.246 e. The van der Waals surface area contributed by atoms with Crippen molar-refractivity contribution in [3.8, 4) is 6.07 Å². The third-order valence-corrected chi connectivity index (χ3v) is 5.14. The van der Waals surface area contributed by atoms with Crippen molar-refractivity contribution in [2.45, 2.75) is 30.4 Å². The first kappa shape index (κ1) is 14.4. The van der Waals surface area contributed by atoms with Gasteiger partial charge in [0.05, 0.1) is 27.5 Å². The Bertz CT molecular complexity index is 673. The number of fused-ring (bicyclic) bond motifs is 1. The number of amides is 1. The van der Waals surface area contributed by atoms with Gasteiger partial charge in [-0.25, -0.2) is 0 Å². The van der Waals surface area contributed by atoms with Crippen LogP contribution in [0.2, 0.25) is 0 Å². The monoisotopic (exact) mass is 290 g/mol. The molecule has 1 aliphatic rings. The summed E-state index contributed by atoms with van der Waals surface area (Å²) in [5, 5.41) is 8.87. The Kier molecular flexibility index (Phi) is 3.48. The summed E-state index contributed by atoms with van der Waals surface area (Å²) in [5.74, 6) is -0.480. The van der Waals surface area contributed by atoms with E-state index in [1.54, 1.807) is 32.0 Å². The predicted octanol–water partition coefficient (Wildman–Crippen LogP) is 1.65. The van der Waals surface area contributed by atoms with Gasteiger partial charge in [-0.05, 0) is 39.0 Å². The molecule has 2 rings (SSSR count). The van der Waals surface area contributed by atoms with Gasteiger partial charge in [-0.2, -0.15) is 5.26 Å². The van der Waals surface area contributed by atoms with Gasteiger partial charge in [0.1, 0.15) is 11.3 Å². The van der Waals surface area contributed by atoms with E-state index >= 15 is 0 Å². The Morgan fingerprint density at radius 1 is 1.45 bits per heavy atom. The van der Waals surface area contributed by atoms with E-state index in [1.807, 2.05) is 6.07 Å². The minimum Gasteiger partial charge on any atom is -0.296 e. The fraction of sp³-hybridized carbons (Fsp3) is 0.357. The van der Waals surface area contributed by atoms with Gasteiger partial charge in [0, 0.05) is 5.56 Å². The Morgan fingerprint density at radius 2 is 2.10 bits per heavy atom. The molecule has 1 heterocycles. The van der Waals surface area contributed by atoms with Gasteiger partial charge in [0.2, 0.25) is 5.91 Å². The molecule has 0 aromatic heterocycles. The molecule has 0 aliphatic carbocycles. The molecule has 5 nitrogen and oxygen atoms in total. The largest absolute Gasteiger partial charge is 0.296 e. The number of ketones is 1. The van der Waals surface area contributed by atoms with Crippen LogP contribution in [0.15, 0.2) is 23.1 Å². The van der Waals surface area contributed by atoms with Gasteiger partial charge < -0.3 is 0 Å². The molecule has 0 spiro atoms. The number of hydrogen-bond donors (Lipinski definition) is 0. The van der Waals surface area contributed by atoms with E-state index in [4.69, 9.17) is 5.26 Å². The molecule has 1 aliphatic heterocycles. The molecule has 0 saturated carbocycles. The average Bonchev–Trinajstić information content (AvgIpc) is 2.41. The van der Waals surface area contributed by atoms with Gasteiger partial charge >= 0.3 is 0 Å². The lowest BCUT2D eigenvalue weighted by Crippen LogP contribution is -2.52. The van der Waals surface area contributed by atoms with E-state index in [9.17, 15) is 13.8 Å². The molecule has 1 amide bonds. The van der Waals surface area contributed by atoms with Crippen molar-refractivity contribution in [3.05, 3.63) is 23.8 Å². The van der Waals surface area contributed by atoms with E-state index in [1.165, 1.54) is 11.8 Å². The Labute approximate surface area is 119 Å². The summed E-state index contributed by atoms with van der Waals surface area (Å²) < 4.78 is 11.4. The lowest BCUT2D eigenvalue weighted by molar-refractivity contribution is -0.120. The van der Waals surface area contributed by atoms with E-state index in [0.29, 0.717) is 16.1 Å². The van der Waals surface area contributed by atoms with Gasteiger partial charge in [-0.1, -0.05) is 0 Å². The fourth-order valence-electron chi connectivity index (χ4n) is 2.12. The van der Waals surface area contributed by atoms with Crippen LogP contribution in [0, 0.1) is 11.3 Å². The van der Waals surface area contributed by atoms with Crippen molar-refractivity contribution in [2.75, 3.05) is 11.4 Å². The van der Waals surface area contributed by atoms with Crippen LogP contribution in [-0.2, 0) is 15.6 Å². The van der Waals surface area contributed by atoms with Crippen molar-refractivity contribution >= 4 is 28.2 Å². The number of Topliss-reactive ketones (excluding diaryl/α,β-unsaturated/α-hetero) is 1. The zero-order valence-corrected chi connectivity index (χ0v) is 12.3. The van der Waals surface area contributed by atoms with Crippen LogP contribution in [-0.4, -0.2) is 27.2 Å². The molecule has 1 aromatic rings. The van der Waals surface area contributed by atoms with Crippen LogP contribution < -0.4 is 4.90 Å². The summed E-state index contributed by atoms with van der Waals surface area (Å²) in [6.45, 7) is 4.49. The molecule has 6 heteroatoms. The molecule has 1 atom stereocenters. The third-order valence-electron chi connectivity index (χ3n) is 3.31. The number of anilines is 1. The summed E-state index contributed by atoms with van der Waals surface area (Å²) in [4.78, 5) is 25.5. The Hall–Kier alpha value is -2.00. The van der Waals surface area contributed by atoms with E-state index in [-0.39, 0.29) is 18.2 Å². The molecule has 0 saturated heterocycles. The van der Waals surface area contributed by atoms with E-state index < -0.39 is 15.5 Å².